The lowest BCUT2D eigenvalue weighted by molar-refractivity contribution is 0.102. The van der Waals surface area contributed by atoms with Crippen molar-refractivity contribution in [3.05, 3.63) is 26.8 Å². The summed E-state index contributed by atoms with van der Waals surface area (Å²) in [4.78, 5) is 11.5. The van der Waals surface area contributed by atoms with Crippen molar-refractivity contribution in [2.45, 2.75) is 0 Å². The van der Waals surface area contributed by atoms with Gasteiger partial charge in [-0.25, -0.2) is 0 Å². The topological polar surface area (TPSA) is 50.1 Å². The Morgan fingerprint density at radius 2 is 2.33 bits per heavy atom. The quantitative estimate of drug-likeness (QED) is 0.461. The summed E-state index contributed by atoms with van der Waals surface area (Å²) in [7, 11) is 1.49. The maximum Gasteiger partial charge on any atom is 0.174 e. The largest absolute Gasteiger partial charge is 0.494 e. The van der Waals surface area contributed by atoms with E-state index < -0.39 is 0 Å². The van der Waals surface area contributed by atoms with Crippen LogP contribution in [0.1, 0.15) is 15.9 Å². The van der Waals surface area contributed by atoms with Gasteiger partial charge >= 0.3 is 0 Å². The first-order valence-corrected chi connectivity index (χ1v) is 6.21. The van der Waals surface area contributed by atoms with E-state index in [4.69, 9.17) is 10.00 Å². The highest BCUT2D eigenvalue weighted by Gasteiger charge is 2.16. The average molecular weight is 380 g/mol. The molecule has 0 N–H and O–H groups in total. The van der Waals surface area contributed by atoms with Crippen molar-refractivity contribution in [1.82, 2.24) is 0 Å². The Bertz CT molecular complexity index is 440. The minimum Gasteiger partial charge on any atom is -0.494 e. The molecule has 0 saturated carbocycles. The SMILES string of the molecule is COc1c(I)ccc(C(=O)CBr)c1C#N. The number of rotatable bonds is 3. The van der Waals surface area contributed by atoms with E-state index in [1.807, 2.05) is 6.07 Å². The van der Waals surface area contributed by atoms with Gasteiger partial charge in [0.05, 0.1) is 16.0 Å². The van der Waals surface area contributed by atoms with Gasteiger partial charge in [0.25, 0.3) is 0 Å². The normalized spacial score (nSPS) is 9.47. The van der Waals surface area contributed by atoms with Crippen LogP contribution in [0.4, 0.5) is 0 Å². The summed E-state index contributed by atoms with van der Waals surface area (Å²) in [5, 5.41) is 9.20. The molecule has 3 nitrogen and oxygen atoms in total. The van der Waals surface area contributed by atoms with Gasteiger partial charge < -0.3 is 4.74 Å². The van der Waals surface area contributed by atoms with Crippen LogP contribution in [-0.2, 0) is 0 Å². The molecule has 0 aliphatic rings. The van der Waals surface area contributed by atoms with Gasteiger partial charge in [-0.15, -0.1) is 0 Å². The molecular formula is C10H7BrINO2. The number of carbonyl (C=O) groups excluding carboxylic acids is 1. The zero-order chi connectivity index (χ0) is 11.4. The average Bonchev–Trinajstić information content (AvgIpc) is 2.27. The molecule has 1 aromatic rings. The highest BCUT2D eigenvalue weighted by Crippen LogP contribution is 2.28. The van der Waals surface area contributed by atoms with Crippen LogP contribution in [0.5, 0.6) is 5.75 Å². The maximum absolute atomic E-state index is 11.5. The van der Waals surface area contributed by atoms with Crippen LogP contribution >= 0.6 is 38.5 Å². The molecule has 0 unspecified atom stereocenters. The van der Waals surface area contributed by atoms with Crippen LogP contribution in [0.15, 0.2) is 12.1 Å². The fourth-order valence-electron chi connectivity index (χ4n) is 1.17. The molecule has 0 saturated heterocycles. The van der Waals surface area contributed by atoms with E-state index in [1.54, 1.807) is 12.1 Å². The molecule has 0 spiro atoms. The number of hydrogen-bond acceptors (Lipinski definition) is 3. The van der Waals surface area contributed by atoms with Crippen LogP contribution in [0.25, 0.3) is 0 Å². The predicted octanol–water partition coefficient (Wildman–Crippen LogP) is 2.75. The second-order valence-corrected chi connectivity index (χ2v) is 4.39. The third kappa shape index (κ3) is 2.49. The molecule has 78 valence electrons. The van der Waals surface area contributed by atoms with E-state index in [0.29, 0.717) is 16.9 Å². The molecule has 0 radical (unpaired) electrons. The monoisotopic (exact) mass is 379 g/mol. The van der Waals surface area contributed by atoms with Crippen LogP contribution < -0.4 is 4.74 Å². The first kappa shape index (κ1) is 12.5. The highest BCUT2D eigenvalue weighted by atomic mass is 127. The van der Waals surface area contributed by atoms with Crippen molar-refractivity contribution in [2.75, 3.05) is 12.4 Å². The number of nitriles is 1. The Labute approximate surface area is 110 Å². The minimum atomic E-state index is -0.124. The molecule has 15 heavy (non-hydrogen) atoms. The van der Waals surface area contributed by atoms with E-state index in [1.165, 1.54) is 7.11 Å². The smallest absolute Gasteiger partial charge is 0.174 e. The first-order chi connectivity index (χ1) is 7.15. The van der Waals surface area contributed by atoms with Gasteiger partial charge in [-0.05, 0) is 34.7 Å². The van der Waals surface area contributed by atoms with Crippen LogP contribution in [0.3, 0.4) is 0 Å². The number of ketones is 1. The lowest BCUT2D eigenvalue weighted by Crippen LogP contribution is -2.05. The van der Waals surface area contributed by atoms with Crippen molar-refractivity contribution >= 4 is 44.3 Å². The van der Waals surface area contributed by atoms with Crippen molar-refractivity contribution in [1.29, 1.82) is 5.26 Å². The van der Waals surface area contributed by atoms with E-state index in [2.05, 4.69) is 38.5 Å². The lowest BCUT2D eigenvalue weighted by atomic mass is 10.0. The van der Waals surface area contributed by atoms with Crippen molar-refractivity contribution in [2.24, 2.45) is 0 Å². The molecule has 1 rings (SSSR count). The van der Waals surface area contributed by atoms with Gasteiger partial charge in [0, 0.05) is 5.56 Å². The molecule has 1 aromatic carbocycles. The van der Waals surface area contributed by atoms with E-state index in [-0.39, 0.29) is 11.1 Å². The van der Waals surface area contributed by atoms with Crippen molar-refractivity contribution < 1.29 is 9.53 Å². The lowest BCUT2D eigenvalue weighted by Gasteiger charge is -2.08. The van der Waals surface area contributed by atoms with Crippen LogP contribution in [0.2, 0.25) is 0 Å². The summed E-state index contributed by atoms with van der Waals surface area (Å²) in [6.45, 7) is 0. The van der Waals surface area contributed by atoms with Crippen LogP contribution in [-0.4, -0.2) is 18.2 Å². The molecule has 0 bridgehead atoms. The first-order valence-electron chi connectivity index (χ1n) is 4.01. The molecule has 5 heteroatoms. The highest BCUT2D eigenvalue weighted by molar-refractivity contribution is 14.1. The zero-order valence-electron chi connectivity index (χ0n) is 7.88. The number of halogens is 2. The fourth-order valence-corrected chi connectivity index (χ4v) is 2.14. The van der Waals surface area contributed by atoms with Crippen molar-refractivity contribution in [3.8, 4) is 11.8 Å². The number of nitrogens with zero attached hydrogens (tertiary/aromatic N) is 1. The summed E-state index contributed by atoms with van der Waals surface area (Å²) < 4.78 is 5.92. The summed E-state index contributed by atoms with van der Waals surface area (Å²) in [6.07, 6.45) is 0. The number of methoxy groups -OCH3 is 1. The maximum atomic E-state index is 11.5. The van der Waals surface area contributed by atoms with E-state index in [9.17, 15) is 4.79 Å². The molecule has 0 atom stereocenters. The van der Waals surface area contributed by atoms with Gasteiger partial charge in [-0.2, -0.15) is 5.26 Å². The number of carbonyl (C=O) groups is 1. The van der Waals surface area contributed by atoms with Crippen LogP contribution in [0, 0.1) is 14.9 Å². The molecule has 0 fully saturated rings. The standard InChI is InChI=1S/C10H7BrINO2/c1-15-10-7(5-13)6(9(14)4-11)2-3-8(10)12/h2-3H,4H2,1H3. The second-order valence-electron chi connectivity index (χ2n) is 2.67. The van der Waals surface area contributed by atoms with Crippen molar-refractivity contribution in [3.63, 3.8) is 0 Å². The number of Topliss-reactive ketones (excluding diaryl/α,β-unsaturated/α-hetero) is 1. The number of alkyl halides is 1. The summed E-state index contributed by atoms with van der Waals surface area (Å²) in [5.74, 6) is 0.339. The summed E-state index contributed by atoms with van der Waals surface area (Å²) in [5.41, 5.74) is 0.695. The van der Waals surface area contributed by atoms with E-state index in [0.717, 1.165) is 3.57 Å². The van der Waals surface area contributed by atoms with E-state index >= 15 is 0 Å². The van der Waals surface area contributed by atoms with Gasteiger partial charge in [0.2, 0.25) is 0 Å². The third-order valence-corrected chi connectivity index (χ3v) is 3.21. The second kappa shape index (κ2) is 5.47. The Balaban J connectivity index is 3.43. The summed E-state index contributed by atoms with van der Waals surface area (Å²) in [6, 6.07) is 5.41. The molecule has 0 aliphatic carbocycles. The molecular weight excluding hydrogens is 373 g/mol. The van der Waals surface area contributed by atoms with Gasteiger partial charge in [-0.1, -0.05) is 15.9 Å². The molecule has 0 aliphatic heterocycles. The molecule has 0 aromatic heterocycles. The summed E-state index contributed by atoms with van der Waals surface area (Å²) >= 11 is 5.14. The zero-order valence-corrected chi connectivity index (χ0v) is 11.6. The Kier molecular flexibility index (Phi) is 4.54. The number of hydrogen-bond donors (Lipinski definition) is 0. The molecule has 0 heterocycles. The van der Waals surface area contributed by atoms with Gasteiger partial charge in [0.1, 0.15) is 11.6 Å². The minimum absolute atomic E-state index is 0.124. The van der Waals surface area contributed by atoms with Gasteiger partial charge in [0.15, 0.2) is 11.5 Å². The Morgan fingerprint density at radius 3 is 2.80 bits per heavy atom. The predicted molar refractivity (Wildman–Crippen MR) is 68.6 cm³/mol. The fraction of sp³-hybridized carbons (Fsp3) is 0.200. The Morgan fingerprint density at radius 1 is 1.67 bits per heavy atom. The Hall–Kier alpha value is -0.610. The number of ether oxygens (including phenoxy) is 1. The third-order valence-electron chi connectivity index (χ3n) is 1.85. The number of benzene rings is 1. The van der Waals surface area contributed by atoms with Gasteiger partial charge in [-0.3, -0.25) is 4.79 Å². The molecule has 0 amide bonds.